The van der Waals surface area contributed by atoms with Crippen molar-refractivity contribution in [2.45, 2.75) is 13.5 Å². The second-order valence-corrected chi connectivity index (χ2v) is 7.16. The molecule has 3 rings (SSSR count). The Morgan fingerprint density at radius 3 is 2.41 bits per heavy atom. The molecule has 0 unspecified atom stereocenters. The molecule has 8 heteroatoms. The SMILES string of the molecule is CCOc1cc(/C=C2\SC(=O)N(C)C2=O)ccc1OCc1ccc(C(=O)O)cc1. The van der Waals surface area contributed by atoms with Crippen molar-refractivity contribution in [2.75, 3.05) is 13.7 Å². The number of thioether (sulfide) groups is 1. The minimum Gasteiger partial charge on any atom is -0.490 e. The van der Waals surface area contributed by atoms with Crippen molar-refractivity contribution in [1.29, 1.82) is 0 Å². The van der Waals surface area contributed by atoms with Gasteiger partial charge in [0.2, 0.25) is 0 Å². The molecule has 0 aromatic heterocycles. The molecule has 2 aromatic rings. The Labute approximate surface area is 171 Å². The fourth-order valence-electron chi connectivity index (χ4n) is 2.60. The molecular weight excluding hydrogens is 394 g/mol. The number of carboxylic acids is 1. The van der Waals surface area contributed by atoms with E-state index in [0.29, 0.717) is 28.6 Å². The van der Waals surface area contributed by atoms with Gasteiger partial charge in [-0.2, -0.15) is 0 Å². The highest BCUT2D eigenvalue weighted by atomic mass is 32.2. The highest BCUT2D eigenvalue weighted by molar-refractivity contribution is 8.18. The molecule has 150 valence electrons. The maximum absolute atomic E-state index is 12.0. The number of ether oxygens (including phenoxy) is 2. The lowest BCUT2D eigenvalue weighted by atomic mass is 10.1. The Hall–Kier alpha value is -3.26. The monoisotopic (exact) mass is 413 g/mol. The van der Waals surface area contributed by atoms with E-state index in [-0.39, 0.29) is 23.3 Å². The molecule has 1 saturated heterocycles. The Morgan fingerprint density at radius 1 is 1.10 bits per heavy atom. The molecule has 1 aliphatic heterocycles. The van der Waals surface area contributed by atoms with Crippen LogP contribution in [0.3, 0.4) is 0 Å². The van der Waals surface area contributed by atoms with Crippen LogP contribution >= 0.6 is 11.8 Å². The summed E-state index contributed by atoms with van der Waals surface area (Å²) in [5, 5.41) is 8.65. The maximum Gasteiger partial charge on any atom is 0.335 e. The predicted octanol–water partition coefficient (Wildman–Crippen LogP) is 4.03. The molecule has 1 N–H and O–H groups in total. The third kappa shape index (κ3) is 4.78. The van der Waals surface area contributed by atoms with Crippen LogP contribution in [0.25, 0.3) is 6.08 Å². The number of hydrogen-bond donors (Lipinski definition) is 1. The van der Waals surface area contributed by atoms with E-state index in [2.05, 4.69) is 0 Å². The summed E-state index contributed by atoms with van der Waals surface area (Å²) in [4.78, 5) is 36.0. The van der Waals surface area contributed by atoms with E-state index in [1.807, 2.05) is 6.92 Å². The lowest BCUT2D eigenvalue weighted by Gasteiger charge is -2.13. The Balaban J connectivity index is 1.76. The molecule has 2 aromatic carbocycles. The summed E-state index contributed by atoms with van der Waals surface area (Å²) in [6, 6.07) is 11.7. The van der Waals surface area contributed by atoms with Crippen LogP contribution in [-0.4, -0.2) is 40.8 Å². The zero-order valence-electron chi connectivity index (χ0n) is 15.9. The maximum atomic E-state index is 12.0. The number of carbonyl (C=O) groups is 3. The van der Waals surface area contributed by atoms with Gasteiger partial charge in [0.15, 0.2) is 11.5 Å². The average Bonchev–Trinajstić information content (AvgIpc) is 2.94. The number of nitrogens with zero attached hydrogens (tertiary/aromatic N) is 1. The van der Waals surface area contributed by atoms with Crippen LogP contribution in [0.2, 0.25) is 0 Å². The van der Waals surface area contributed by atoms with E-state index in [1.165, 1.54) is 19.2 Å². The van der Waals surface area contributed by atoms with E-state index in [4.69, 9.17) is 14.6 Å². The van der Waals surface area contributed by atoms with Crippen molar-refractivity contribution in [3.05, 3.63) is 64.1 Å². The van der Waals surface area contributed by atoms with Crippen LogP contribution in [0.4, 0.5) is 4.79 Å². The molecule has 0 radical (unpaired) electrons. The highest BCUT2D eigenvalue weighted by Crippen LogP contribution is 2.34. The van der Waals surface area contributed by atoms with Crippen LogP contribution in [0.15, 0.2) is 47.4 Å². The summed E-state index contributed by atoms with van der Waals surface area (Å²) in [5.74, 6) is -0.273. The van der Waals surface area contributed by atoms with Gasteiger partial charge in [-0.3, -0.25) is 14.5 Å². The molecule has 1 aliphatic rings. The summed E-state index contributed by atoms with van der Waals surface area (Å²) < 4.78 is 11.5. The van der Waals surface area contributed by atoms with Gasteiger partial charge in [-0.1, -0.05) is 18.2 Å². The van der Waals surface area contributed by atoms with Crippen LogP contribution in [-0.2, 0) is 11.4 Å². The normalized spacial score (nSPS) is 15.1. The number of carboxylic acid groups (broad SMARTS) is 1. The molecule has 29 heavy (non-hydrogen) atoms. The van der Waals surface area contributed by atoms with Gasteiger partial charge in [-0.25, -0.2) is 4.79 Å². The summed E-state index contributed by atoms with van der Waals surface area (Å²) in [7, 11) is 1.45. The summed E-state index contributed by atoms with van der Waals surface area (Å²) in [5.41, 5.74) is 1.74. The lowest BCUT2D eigenvalue weighted by Crippen LogP contribution is -2.22. The Bertz CT molecular complexity index is 983. The van der Waals surface area contributed by atoms with Gasteiger partial charge in [0.25, 0.3) is 11.1 Å². The Morgan fingerprint density at radius 2 is 1.83 bits per heavy atom. The minimum absolute atomic E-state index is 0.213. The topological polar surface area (TPSA) is 93.1 Å². The molecule has 0 atom stereocenters. The van der Waals surface area contributed by atoms with Gasteiger partial charge < -0.3 is 14.6 Å². The molecule has 0 bridgehead atoms. The lowest BCUT2D eigenvalue weighted by molar-refractivity contribution is -0.121. The summed E-state index contributed by atoms with van der Waals surface area (Å²) >= 11 is 0.895. The zero-order chi connectivity index (χ0) is 21.0. The van der Waals surface area contributed by atoms with Crippen molar-refractivity contribution in [2.24, 2.45) is 0 Å². The van der Waals surface area contributed by atoms with Crippen molar-refractivity contribution < 1.29 is 29.0 Å². The highest BCUT2D eigenvalue weighted by Gasteiger charge is 2.31. The second kappa shape index (κ2) is 8.83. The van der Waals surface area contributed by atoms with E-state index in [1.54, 1.807) is 36.4 Å². The van der Waals surface area contributed by atoms with E-state index < -0.39 is 5.97 Å². The minimum atomic E-state index is -0.979. The van der Waals surface area contributed by atoms with Gasteiger partial charge in [0, 0.05) is 7.05 Å². The molecule has 2 amide bonds. The molecule has 7 nitrogen and oxygen atoms in total. The second-order valence-electron chi connectivity index (χ2n) is 6.17. The van der Waals surface area contributed by atoms with Gasteiger partial charge in [0.1, 0.15) is 6.61 Å². The Kier molecular flexibility index (Phi) is 6.23. The first kappa shape index (κ1) is 20.5. The number of amides is 2. The number of carbonyl (C=O) groups excluding carboxylic acids is 2. The zero-order valence-corrected chi connectivity index (χ0v) is 16.7. The van der Waals surface area contributed by atoms with Gasteiger partial charge in [0.05, 0.1) is 17.1 Å². The number of hydrogen-bond acceptors (Lipinski definition) is 6. The van der Waals surface area contributed by atoms with E-state index in [9.17, 15) is 14.4 Å². The van der Waals surface area contributed by atoms with Crippen molar-refractivity contribution in [3.8, 4) is 11.5 Å². The first-order chi connectivity index (χ1) is 13.9. The predicted molar refractivity (Wildman–Crippen MR) is 109 cm³/mol. The van der Waals surface area contributed by atoms with Gasteiger partial charge >= 0.3 is 5.97 Å². The van der Waals surface area contributed by atoms with E-state index in [0.717, 1.165) is 22.2 Å². The summed E-state index contributed by atoms with van der Waals surface area (Å²) in [6.07, 6.45) is 1.64. The number of likely N-dealkylation sites (N-methyl/N-ethyl adjacent to an activating group) is 1. The molecular formula is C21H19NO6S. The molecule has 1 heterocycles. The van der Waals surface area contributed by atoms with Crippen LogP contribution in [0.5, 0.6) is 11.5 Å². The number of imide groups is 1. The quantitative estimate of drug-likeness (QED) is 0.685. The fraction of sp³-hybridized carbons (Fsp3) is 0.190. The van der Waals surface area contributed by atoms with Crippen molar-refractivity contribution >= 4 is 35.0 Å². The first-order valence-corrected chi connectivity index (χ1v) is 9.64. The van der Waals surface area contributed by atoms with Crippen LogP contribution in [0.1, 0.15) is 28.4 Å². The van der Waals surface area contributed by atoms with Crippen LogP contribution < -0.4 is 9.47 Å². The summed E-state index contributed by atoms with van der Waals surface area (Å²) in [6.45, 7) is 2.52. The molecule has 0 spiro atoms. The number of rotatable bonds is 7. The van der Waals surface area contributed by atoms with Gasteiger partial charge in [-0.15, -0.1) is 0 Å². The number of aromatic carboxylic acids is 1. The first-order valence-electron chi connectivity index (χ1n) is 8.82. The third-order valence-corrected chi connectivity index (χ3v) is 5.11. The standard InChI is InChI=1S/C21H19NO6S/c1-3-27-17-10-14(11-18-19(23)22(2)21(26)29-18)6-9-16(17)28-12-13-4-7-15(8-5-13)20(24)25/h4-11H,3,12H2,1-2H3,(H,24,25)/b18-11-. The molecule has 1 fully saturated rings. The molecule has 0 saturated carbocycles. The van der Waals surface area contributed by atoms with E-state index >= 15 is 0 Å². The largest absolute Gasteiger partial charge is 0.490 e. The third-order valence-electron chi connectivity index (χ3n) is 4.15. The van der Waals surface area contributed by atoms with Crippen molar-refractivity contribution in [3.63, 3.8) is 0 Å². The van der Waals surface area contributed by atoms with Crippen molar-refractivity contribution in [1.82, 2.24) is 4.90 Å². The van der Waals surface area contributed by atoms with Crippen LogP contribution in [0, 0.1) is 0 Å². The average molecular weight is 413 g/mol. The number of benzene rings is 2. The fourth-order valence-corrected chi connectivity index (χ4v) is 3.43. The molecule has 0 aliphatic carbocycles. The smallest absolute Gasteiger partial charge is 0.335 e. The van der Waals surface area contributed by atoms with Gasteiger partial charge in [-0.05, 0) is 60.2 Å².